The predicted octanol–water partition coefficient (Wildman–Crippen LogP) is 1.31. The topological polar surface area (TPSA) is 132 Å². The third-order valence-electron chi connectivity index (χ3n) is 7.63. The first kappa shape index (κ1) is 40.8. The zero-order valence-corrected chi connectivity index (χ0v) is 31.9. The van der Waals surface area contributed by atoms with E-state index in [-0.39, 0.29) is 65.7 Å². The molecule has 0 radical (unpaired) electrons. The standard InChI is InChI=1S/C31H46N2O6S2.2Na/c1-2-3-4-5-6-7-8-9-10-11-12-13-14-15-16-20-27-21-18-23-29-30(27)32-31(41(37,38)39)33(29)25-26-19-17-22-28(24-26)40(34,35)36;;/h17-19,21-24H,2-16,20,25H2,1H3,(H,34,35,36)(H,37,38,39);;/q;2*+1/p-2. The molecule has 1 heterocycles. The molecule has 0 atom stereocenters. The fourth-order valence-electron chi connectivity index (χ4n) is 5.40. The molecule has 0 saturated carbocycles. The number of fused-ring (bicyclic) bond motifs is 1. The molecular weight excluding hydrogens is 606 g/mol. The van der Waals surface area contributed by atoms with Crippen LogP contribution in [0.2, 0.25) is 0 Å². The van der Waals surface area contributed by atoms with E-state index in [1.165, 1.54) is 99.8 Å². The number of unbranched alkanes of at least 4 members (excludes halogenated alkanes) is 14. The number of nitrogens with zero attached hydrogens (tertiary/aromatic N) is 2. The molecular formula is C31H44N2Na2O6S2. The molecule has 0 N–H and O–H groups in total. The van der Waals surface area contributed by atoms with Gasteiger partial charge < -0.3 is 13.7 Å². The van der Waals surface area contributed by atoms with Crippen LogP contribution in [0.1, 0.15) is 114 Å². The minimum atomic E-state index is -4.90. The van der Waals surface area contributed by atoms with Crippen molar-refractivity contribution < 1.29 is 85.1 Å². The van der Waals surface area contributed by atoms with E-state index >= 15 is 0 Å². The van der Waals surface area contributed by atoms with E-state index in [4.69, 9.17) is 0 Å². The van der Waals surface area contributed by atoms with Crippen LogP contribution < -0.4 is 59.1 Å². The van der Waals surface area contributed by atoms with Crippen LogP contribution in [0.15, 0.2) is 52.5 Å². The van der Waals surface area contributed by atoms with Crippen LogP contribution in [0, 0.1) is 0 Å². The van der Waals surface area contributed by atoms with Crippen molar-refractivity contribution in [3.8, 4) is 0 Å². The second-order valence-corrected chi connectivity index (χ2v) is 13.7. The van der Waals surface area contributed by atoms with E-state index < -0.39 is 30.3 Å². The van der Waals surface area contributed by atoms with Crippen molar-refractivity contribution in [2.75, 3.05) is 0 Å². The molecule has 0 unspecified atom stereocenters. The van der Waals surface area contributed by atoms with E-state index in [1.807, 2.05) is 6.07 Å². The van der Waals surface area contributed by atoms with Gasteiger partial charge in [0.1, 0.15) is 10.1 Å². The average molecular weight is 651 g/mol. The van der Waals surface area contributed by atoms with Gasteiger partial charge in [0, 0.05) is 0 Å². The van der Waals surface area contributed by atoms with Gasteiger partial charge in [-0.15, -0.1) is 0 Å². The number of para-hydroxylation sites is 1. The first-order valence-corrected chi connectivity index (χ1v) is 17.9. The summed E-state index contributed by atoms with van der Waals surface area (Å²) >= 11 is 0. The number of rotatable bonds is 20. The van der Waals surface area contributed by atoms with Gasteiger partial charge in [-0.1, -0.05) is 121 Å². The number of hydrogen-bond donors (Lipinski definition) is 0. The Morgan fingerprint density at radius 2 is 1.19 bits per heavy atom. The SMILES string of the molecule is CCCCCCCCCCCCCCCCCc1cccc2c1nc(S(=O)(=O)[O-])n2Cc1cccc(S(=O)(=O)[O-])c1.[Na+].[Na+]. The van der Waals surface area contributed by atoms with Crippen molar-refractivity contribution in [1.82, 2.24) is 9.55 Å². The van der Waals surface area contributed by atoms with Gasteiger partial charge in [-0.05, 0) is 42.2 Å². The molecule has 0 aliphatic carbocycles. The normalized spacial score (nSPS) is 11.8. The van der Waals surface area contributed by atoms with E-state index in [1.54, 1.807) is 18.2 Å². The molecule has 228 valence electrons. The van der Waals surface area contributed by atoms with Gasteiger partial charge in [0.05, 0.1) is 22.5 Å². The molecule has 0 aliphatic rings. The number of aryl methyl sites for hydroxylation is 1. The molecule has 3 rings (SSSR count). The van der Waals surface area contributed by atoms with Gasteiger partial charge in [-0.3, -0.25) is 0 Å². The Morgan fingerprint density at radius 1 is 0.674 bits per heavy atom. The van der Waals surface area contributed by atoms with Gasteiger partial charge in [0.15, 0.2) is 10.1 Å². The second kappa shape index (κ2) is 20.8. The van der Waals surface area contributed by atoms with Gasteiger partial charge >= 0.3 is 59.1 Å². The molecule has 8 nitrogen and oxygen atoms in total. The summed E-state index contributed by atoms with van der Waals surface area (Å²) in [6.07, 6.45) is 19.9. The monoisotopic (exact) mass is 650 g/mol. The third-order valence-corrected chi connectivity index (χ3v) is 9.22. The summed E-state index contributed by atoms with van der Waals surface area (Å²) in [7, 11) is -9.58. The summed E-state index contributed by atoms with van der Waals surface area (Å²) in [6, 6.07) is 10.7. The summed E-state index contributed by atoms with van der Waals surface area (Å²) in [4.78, 5) is 3.81. The number of aromatic nitrogens is 2. The first-order chi connectivity index (χ1) is 19.6. The van der Waals surface area contributed by atoms with Gasteiger partial charge in [-0.25, -0.2) is 21.8 Å². The van der Waals surface area contributed by atoms with Crippen molar-refractivity contribution >= 4 is 31.3 Å². The van der Waals surface area contributed by atoms with Gasteiger partial charge in [-0.2, -0.15) is 0 Å². The second-order valence-electron chi connectivity index (χ2n) is 11.0. The van der Waals surface area contributed by atoms with Crippen LogP contribution in [-0.4, -0.2) is 35.5 Å². The first-order valence-electron chi connectivity index (χ1n) is 15.1. The van der Waals surface area contributed by atoms with Crippen LogP contribution in [0.3, 0.4) is 0 Å². The van der Waals surface area contributed by atoms with E-state index in [9.17, 15) is 25.9 Å². The molecule has 0 amide bonds. The van der Waals surface area contributed by atoms with E-state index in [2.05, 4.69) is 11.9 Å². The van der Waals surface area contributed by atoms with Crippen LogP contribution in [0.25, 0.3) is 11.0 Å². The van der Waals surface area contributed by atoms with Crippen molar-refractivity contribution in [2.24, 2.45) is 0 Å². The molecule has 1 aromatic heterocycles. The Balaban J connectivity index is 0.00000462. The van der Waals surface area contributed by atoms with Crippen LogP contribution in [0.5, 0.6) is 0 Å². The van der Waals surface area contributed by atoms with Crippen molar-refractivity contribution in [3.63, 3.8) is 0 Å². The third kappa shape index (κ3) is 13.9. The van der Waals surface area contributed by atoms with Crippen molar-refractivity contribution in [2.45, 2.75) is 126 Å². The fraction of sp³-hybridized carbons (Fsp3) is 0.581. The molecule has 0 aliphatic heterocycles. The summed E-state index contributed by atoms with van der Waals surface area (Å²) in [5.74, 6) is 0. The molecule has 0 saturated heterocycles. The van der Waals surface area contributed by atoms with Crippen LogP contribution >= 0.6 is 0 Å². The molecule has 2 aromatic carbocycles. The molecule has 12 heteroatoms. The van der Waals surface area contributed by atoms with Crippen LogP contribution in [-0.2, 0) is 33.2 Å². The fourth-order valence-corrected chi connectivity index (χ4v) is 6.57. The smallest absolute Gasteiger partial charge is 0.744 e. The largest absolute Gasteiger partial charge is 1.00 e. The maximum atomic E-state index is 12.1. The molecule has 0 spiro atoms. The van der Waals surface area contributed by atoms with Gasteiger partial charge in [0.2, 0.25) is 5.16 Å². The van der Waals surface area contributed by atoms with Crippen molar-refractivity contribution in [1.29, 1.82) is 0 Å². The number of benzene rings is 2. The summed E-state index contributed by atoms with van der Waals surface area (Å²) in [6.45, 7) is 2.14. The Bertz CT molecular complexity index is 1460. The Labute approximate surface area is 302 Å². The molecule has 0 fully saturated rings. The molecule has 3 aromatic rings. The minimum Gasteiger partial charge on any atom is -0.744 e. The van der Waals surface area contributed by atoms with Gasteiger partial charge in [0.25, 0.3) is 0 Å². The Kier molecular flexibility index (Phi) is 19.7. The number of imidazole rings is 1. The zero-order valence-electron chi connectivity index (χ0n) is 26.2. The quantitative estimate of drug-likeness (QED) is 0.102. The Hall–Kier alpha value is -0.270. The zero-order chi connectivity index (χ0) is 29.7. The minimum absolute atomic E-state index is 0. The molecule has 43 heavy (non-hydrogen) atoms. The maximum absolute atomic E-state index is 12.1. The summed E-state index contributed by atoms with van der Waals surface area (Å²) < 4.78 is 71.8. The number of hydrogen-bond acceptors (Lipinski definition) is 7. The molecule has 0 bridgehead atoms. The van der Waals surface area contributed by atoms with Crippen LogP contribution in [0.4, 0.5) is 0 Å². The van der Waals surface area contributed by atoms with E-state index in [0.717, 1.165) is 31.2 Å². The average Bonchev–Trinajstić information content (AvgIpc) is 3.30. The maximum Gasteiger partial charge on any atom is 1.00 e. The predicted molar refractivity (Wildman–Crippen MR) is 160 cm³/mol. The van der Waals surface area contributed by atoms with E-state index in [0.29, 0.717) is 16.6 Å². The Morgan fingerprint density at radius 3 is 1.70 bits per heavy atom. The van der Waals surface area contributed by atoms with Crippen molar-refractivity contribution in [3.05, 3.63) is 53.6 Å². The summed E-state index contributed by atoms with van der Waals surface area (Å²) in [5, 5.41) is -0.619. The summed E-state index contributed by atoms with van der Waals surface area (Å²) in [5.41, 5.74) is 2.18.